The highest BCUT2D eigenvalue weighted by Gasteiger charge is 2.19. The second kappa shape index (κ2) is 8.67. The van der Waals surface area contributed by atoms with Crippen LogP contribution in [0.2, 0.25) is 0 Å². The van der Waals surface area contributed by atoms with Crippen molar-refractivity contribution in [1.82, 2.24) is 15.3 Å². The molecule has 3 N–H and O–H groups in total. The van der Waals surface area contributed by atoms with E-state index in [9.17, 15) is 4.79 Å². The molecule has 134 valence electrons. The molecule has 1 fully saturated rings. The van der Waals surface area contributed by atoms with Crippen LogP contribution in [-0.2, 0) is 17.9 Å². The van der Waals surface area contributed by atoms with Gasteiger partial charge in [-0.05, 0) is 36.5 Å². The molecule has 1 aromatic heterocycles. The van der Waals surface area contributed by atoms with Crippen molar-refractivity contribution in [3.63, 3.8) is 0 Å². The highest BCUT2D eigenvalue weighted by Crippen LogP contribution is 2.26. The Hall–Kier alpha value is -2.34. The highest BCUT2D eigenvalue weighted by molar-refractivity contribution is 5.89. The number of rotatable bonds is 6. The van der Waals surface area contributed by atoms with Crippen molar-refractivity contribution in [2.24, 2.45) is 5.92 Å². The first kappa shape index (κ1) is 17.5. The summed E-state index contributed by atoms with van der Waals surface area (Å²) in [6, 6.07) is 7.54. The lowest BCUT2D eigenvalue weighted by Crippen LogP contribution is -2.28. The molecule has 1 saturated carbocycles. The van der Waals surface area contributed by atoms with Gasteiger partial charge in [-0.1, -0.05) is 31.9 Å². The Labute approximate surface area is 148 Å². The fourth-order valence-electron chi connectivity index (χ4n) is 3.22. The fraction of sp³-hybridized carbons (Fsp3) is 0.474. The lowest BCUT2D eigenvalue weighted by atomic mass is 9.89. The molecule has 1 aliphatic rings. The third kappa shape index (κ3) is 5.60. The molecule has 0 saturated heterocycles. The third-order valence-corrected chi connectivity index (χ3v) is 4.53. The Kier molecular flexibility index (Phi) is 6.06. The zero-order valence-electron chi connectivity index (χ0n) is 14.6. The Bertz CT molecular complexity index is 672. The zero-order valence-corrected chi connectivity index (χ0v) is 14.6. The van der Waals surface area contributed by atoms with Gasteiger partial charge in [0, 0.05) is 18.1 Å². The van der Waals surface area contributed by atoms with E-state index in [0.717, 1.165) is 35.8 Å². The topological polar surface area (TPSA) is 79.0 Å². The second-order valence-corrected chi connectivity index (χ2v) is 6.75. The van der Waals surface area contributed by atoms with Gasteiger partial charge in [0.05, 0.1) is 19.3 Å². The van der Waals surface area contributed by atoms with Crippen molar-refractivity contribution in [2.75, 3.05) is 5.32 Å². The van der Waals surface area contributed by atoms with E-state index in [1.54, 1.807) is 12.4 Å². The number of carbonyl (C=O) groups is 1. The van der Waals surface area contributed by atoms with Crippen molar-refractivity contribution in [3.8, 4) is 0 Å². The Morgan fingerprint density at radius 1 is 1.40 bits per heavy atom. The van der Waals surface area contributed by atoms with Gasteiger partial charge in [0.25, 0.3) is 0 Å². The molecular weight excluding hydrogens is 316 g/mol. The number of aromatic nitrogens is 2. The first-order valence-electron chi connectivity index (χ1n) is 8.92. The third-order valence-electron chi connectivity index (χ3n) is 4.53. The number of benzene rings is 1. The van der Waals surface area contributed by atoms with E-state index in [1.807, 2.05) is 24.3 Å². The predicted octanol–water partition coefficient (Wildman–Crippen LogP) is 3.83. The predicted molar refractivity (Wildman–Crippen MR) is 97.1 cm³/mol. The molecule has 2 atom stereocenters. The molecule has 3 rings (SSSR count). The zero-order chi connectivity index (χ0) is 17.5. The number of nitrogens with zero attached hydrogens (tertiary/aromatic N) is 1. The quantitative estimate of drug-likeness (QED) is 0.746. The molecule has 0 radical (unpaired) electrons. The van der Waals surface area contributed by atoms with Gasteiger partial charge >= 0.3 is 6.03 Å². The summed E-state index contributed by atoms with van der Waals surface area (Å²) < 4.78 is 6.06. The van der Waals surface area contributed by atoms with Crippen LogP contribution >= 0.6 is 0 Å². The summed E-state index contributed by atoms with van der Waals surface area (Å²) in [6.07, 6.45) is 8.61. The van der Waals surface area contributed by atoms with Crippen LogP contribution in [0.25, 0.3) is 0 Å². The molecule has 6 nitrogen and oxygen atoms in total. The number of anilines is 1. The monoisotopic (exact) mass is 342 g/mol. The number of nitrogens with one attached hydrogen (secondary N) is 3. The van der Waals surface area contributed by atoms with Crippen LogP contribution in [0.15, 0.2) is 36.7 Å². The van der Waals surface area contributed by atoms with E-state index < -0.39 is 0 Å². The maximum absolute atomic E-state index is 12.0. The first-order chi connectivity index (χ1) is 12.2. The molecule has 2 aromatic rings. The molecule has 25 heavy (non-hydrogen) atoms. The lowest BCUT2D eigenvalue weighted by Gasteiger charge is -2.26. The summed E-state index contributed by atoms with van der Waals surface area (Å²) in [5, 5.41) is 5.61. The number of hydrogen-bond acceptors (Lipinski definition) is 3. The van der Waals surface area contributed by atoms with Crippen LogP contribution in [0.5, 0.6) is 0 Å². The molecule has 0 bridgehead atoms. The van der Waals surface area contributed by atoms with E-state index in [-0.39, 0.29) is 6.03 Å². The van der Waals surface area contributed by atoms with Gasteiger partial charge in [-0.25, -0.2) is 9.78 Å². The van der Waals surface area contributed by atoms with Crippen molar-refractivity contribution >= 4 is 11.7 Å². The summed E-state index contributed by atoms with van der Waals surface area (Å²) in [5.41, 5.74) is 1.83. The van der Waals surface area contributed by atoms with Crippen LogP contribution < -0.4 is 10.6 Å². The number of H-pyrrole nitrogens is 1. The van der Waals surface area contributed by atoms with Crippen LogP contribution in [-0.4, -0.2) is 22.1 Å². The molecular formula is C19H26N4O2. The van der Waals surface area contributed by atoms with Gasteiger partial charge in [-0.15, -0.1) is 0 Å². The number of urea groups is 1. The molecule has 1 aliphatic carbocycles. The van der Waals surface area contributed by atoms with Gasteiger partial charge in [0.1, 0.15) is 5.82 Å². The Morgan fingerprint density at radius 2 is 2.32 bits per heavy atom. The van der Waals surface area contributed by atoms with Gasteiger partial charge < -0.3 is 20.4 Å². The number of carbonyl (C=O) groups excluding carboxylic acids is 1. The average Bonchev–Trinajstić information content (AvgIpc) is 3.12. The Balaban J connectivity index is 1.46. The number of aromatic amines is 1. The van der Waals surface area contributed by atoms with Crippen molar-refractivity contribution < 1.29 is 9.53 Å². The minimum absolute atomic E-state index is 0.254. The van der Waals surface area contributed by atoms with Crippen molar-refractivity contribution in [3.05, 3.63) is 48.0 Å². The lowest BCUT2D eigenvalue weighted by molar-refractivity contribution is 0.00468. The smallest absolute Gasteiger partial charge is 0.319 e. The SMILES string of the molecule is C[C@@H]1CCC[C@@H](OCc2cccc(NC(=O)NCc3ncc[nH]3)c2)C1. The largest absolute Gasteiger partial charge is 0.374 e. The summed E-state index contributed by atoms with van der Waals surface area (Å²) in [7, 11) is 0. The maximum atomic E-state index is 12.0. The molecule has 1 heterocycles. The Morgan fingerprint density at radius 3 is 3.12 bits per heavy atom. The van der Waals surface area contributed by atoms with E-state index in [1.165, 1.54) is 12.8 Å². The maximum Gasteiger partial charge on any atom is 0.319 e. The summed E-state index contributed by atoms with van der Waals surface area (Å²) in [6.45, 7) is 3.24. The molecule has 1 aromatic carbocycles. The van der Waals surface area contributed by atoms with E-state index in [0.29, 0.717) is 19.3 Å². The normalized spacial score (nSPS) is 20.2. The second-order valence-electron chi connectivity index (χ2n) is 6.75. The number of imidazole rings is 1. The molecule has 0 spiro atoms. The van der Waals surface area contributed by atoms with Crippen molar-refractivity contribution in [1.29, 1.82) is 0 Å². The molecule has 2 amide bonds. The van der Waals surface area contributed by atoms with Crippen LogP contribution in [0, 0.1) is 5.92 Å². The number of hydrogen-bond donors (Lipinski definition) is 3. The van der Waals surface area contributed by atoms with Gasteiger partial charge in [-0.2, -0.15) is 0 Å². The summed E-state index contributed by atoms with van der Waals surface area (Å²) in [5.74, 6) is 1.48. The first-order valence-corrected chi connectivity index (χ1v) is 8.92. The van der Waals surface area contributed by atoms with E-state index >= 15 is 0 Å². The van der Waals surface area contributed by atoms with Crippen LogP contribution in [0.3, 0.4) is 0 Å². The fourth-order valence-corrected chi connectivity index (χ4v) is 3.22. The number of ether oxygens (including phenoxy) is 1. The minimum Gasteiger partial charge on any atom is -0.374 e. The summed E-state index contributed by atoms with van der Waals surface area (Å²) in [4.78, 5) is 19.0. The van der Waals surface area contributed by atoms with Crippen molar-refractivity contribution in [2.45, 2.75) is 51.9 Å². The molecule has 0 unspecified atom stereocenters. The average molecular weight is 342 g/mol. The standard InChI is InChI=1S/C19H26N4O2/c1-14-4-2-7-17(10-14)25-13-15-5-3-6-16(11-15)23-19(24)22-12-18-20-8-9-21-18/h3,5-6,8-9,11,14,17H,2,4,7,10,12-13H2,1H3,(H,20,21)(H2,22,23,24)/t14-,17-/m1/s1. The summed E-state index contributed by atoms with van der Waals surface area (Å²) >= 11 is 0. The molecule has 6 heteroatoms. The van der Waals surface area contributed by atoms with Crippen LogP contribution in [0.4, 0.5) is 10.5 Å². The van der Waals surface area contributed by atoms with E-state index in [4.69, 9.17) is 4.74 Å². The molecule has 0 aliphatic heterocycles. The highest BCUT2D eigenvalue weighted by atomic mass is 16.5. The number of amides is 2. The van der Waals surface area contributed by atoms with Gasteiger partial charge in [0.2, 0.25) is 0 Å². The van der Waals surface area contributed by atoms with E-state index in [2.05, 4.69) is 27.5 Å². The van der Waals surface area contributed by atoms with Gasteiger partial charge in [-0.3, -0.25) is 0 Å². The minimum atomic E-state index is -0.254. The van der Waals surface area contributed by atoms with Gasteiger partial charge in [0.15, 0.2) is 0 Å². The van der Waals surface area contributed by atoms with Crippen LogP contribution in [0.1, 0.15) is 44.0 Å².